The van der Waals surface area contributed by atoms with Crippen LogP contribution in [0.4, 0.5) is 23.2 Å². The predicted octanol–water partition coefficient (Wildman–Crippen LogP) is 2.63. The Labute approximate surface area is 177 Å². The van der Waals surface area contributed by atoms with Crippen molar-refractivity contribution in [2.24, 2.45) is 0 Å². The van der Waals surface area contributed by atoms with Gasteiger partial charge in [-0.1, -0.05) is 0 Å². The number of hydrogen-bond donors (Lipinski definition) is 2. The largest absolute Gasteiger partial charge is 0.573 e. The van der Waals surface area contributed by atoms with E-state index in [-0.39, 0.29) is 11.3 Å². The van der Waals surface area contributed by atoms with Crippen molar-refractivity contribution in [2.45, 2.75) is 12.9 Å². The molecule has 0 radical (unpaired) electrons. The molecule has 2 N–H and O–H groups in total. The van der Waals surface area contributed by atoms with Crippen molar-refractivity contribution in [3.05, 3.63) is 53.6 Å². The van der Waals surface area contributed by atoms with Crippen LogP contribution in [-0.4, -0.2) is 62.0 Å². The zero-order valence-corrected chi connectivity index (χ0v) is 16.7. The average Bonchev–Trinajstić information content (AvgIpc) is 2.70. The number of alkyl halides is 3. The highest BCUT2D eigenvalue weighted by molar-refractivity contribution is 7.80. The first-order valence-electron chi connectivity index (χ1n) is 9.00. The van der Waals surface area contributed by atoms with E-state index in [0.717, 1.165) is 18.3 Å². The molecule has 1 atom stereocenters. The first kappa shape index (κ1) is 22.9. The van der Waals surface area contributed by atoms with Gasteiger partial charge in [-0.05, 0) is 30.3 Å². The van der Waals surface area contributed by atoms with Crippen molar-refractivity contribution in [3.63, 3.8) is 0 Å². The number of pyridine rings is 1. The molecule has 1 amide bonds. The number of aromatic nitrogens is 1. The summed E-state index contributed by atoms with van der Waals surface area (Å²) in [6, 6.07) is 6.08. The van der Waals surface area contributed by atoms with Crippen LogP contribution in [0.5, 0.6) is 5.75 Å². The number of carbonyl (C=O) groups excluding carboxylic acids is 1. The van der Waals surface area contributed by atoms with Crippen LogP contribution >= 0.6 is 0 Å². The molecule has 1 aliphatic rings. The van der Waals surface area contributed by atoms with Crippen molar-refractivity contribution >= 4 is 22.9 Å². The number of nitrogens with one attached hydrogen (secondary N) is 1. The molecule has 2 heterocycles. The topological polar surface area (TPSA) is 95.0 Å². The van der Waals surface area contributed by atoms with Crippen molar-refractivity contribution < 1.29 is 35.9 Å². The summed E-state index contributed by atoms with van der Waals surface area (Å²) in [6.07, 6.45) is -3.92. The van der Waals surface area contributed by atoms with Crippen molar-refractivity contribution in [3.8, 4) is 5.75 Å². The molecular weight excluding hydrogens is 444 g/mol. The number of piperazine rings is 1. The minimum atomic E-state index is -5.05. The molecule has 1 unspecified atom stereocenters. The SMILES string of the molecule is O=C(c1ccc(NS(=O)O)c(OC(F)(F)F)c1)N1CCN(Cc2ccc(F)cn2)CC1. The Morgan fingerprint density at radius 3 is 2.48 bits per heavy atom. The number of anilines is 1. The van der Waals surface area contributed by atoms with Crippen molar-refractivity contribution in [2.75, 3.05) is 30.9 Å². The molecule has 1 fully saturated rings. The fourth-order valence-corrected chi connectivity index (χ4v) is 3.42. The molecule has 0 bridgehead atoms. The highest BCUT2D eigenvalue weighted by Gasteiger charge is 2.33. The number of halogens is 4. The molecule has 8 nitrogen and oxygen atoms in total. The van der Waals surface area contributed by atoms with E-state index >= 15 is 0 Å². The zero-order chi connectivity index (χ0) is 22.6. The Hall–Kier alpha value is -2.77. The zero-order valence-electron chi connectivity index (χ0n) is 15.9. The quantitative estimate of drug-likeness (QED) is 0.506. The first-order chi connectivity index (χ1) is 14.6. The smallest absolute Gasteiger partial charge is 0.404 e. The van der Waals surface area contributed by atoms with Crippen LogP contribution in [-0.2, 0) is 17.8 Å². The fourth-order valence-electron chi connectivity index (χ4n) is 3.06. The Bertz CT molecular complexity index is 951. The Morgan fingerprint density at radius 2 is 1.90 bits per heavy atom. The second kappa shape index (κ2) is 9.58. The number of rotatable bonds is 6. The average molecular weight is 462 g/mol. The van der Waals surface area contributed by atoms with Gasteiger partial charge in [0.15, 0.2) is 5.75 Å². The van der Waals surface area contributed by atoms with E-state index in [1.54, 1.807) is 6.07 Å². The van der Waals surface area contributed by atoms with E-state index < -0.39 is 35.1 Å². The van der Waals surface area contributed by atoms with Crippen molar-refractivity contribution in [1.29, 1.82) is 0 Å². The number of benzene rings is 1. The molecular formula is C18H18F4N4O4S. The minimum Gasteiger partial charge on any atom is -0.404 e. The third-order valence-corrected chi connectivity index (χ3v) is 4.88. The van der Waals surface area contributed by atoms with Gasteiger partial charge in [0, 0.05) is 38.3 Å². The standard InChI is InChI=1S/C18H18F4N4O4S/c19-13-2-3-14(23-10-13)11-25-5-7-26(8-6-25)17(27)12-1-4-15(24-31(28)29)16(9-12)30-18(20,21)22/h1-4,9-10,24H,5-8,11H2,(H,28,29). The fraction of sp³-hybridized carbons (Fsp3) is 0.333. The first-order valence-corrected chi connectivity index (χ1v) is 10.1. The molecule has 0 spiro atoms. The van der Waals surface area contributed by atoms with E-state index in [0.29, 0.717) is 38.4 Å². The highest BCUT2D eigenvalue weighted by atomic mass is 32.2. The van der Waals surface area contributed by atoms with Gasteiger partial charge in [-0.2, -0.15) is 0 Å². The highest BCUT2D eigenvalue weighted by Crippen LogP contribution is 2.32. The van der Waals surface area contributed by atoms with E-state index in [9.17, 15) is 26.6 Å². The van der Waals surface area contributed by atoms with Gasteiger partial charge in [0.2, 0.25) is 0 Å². The molecule has 2 aromatic rings. The van der Waals surface area contributed by atoms with Gasteiger partial charge in [0.1, 0.15) is 5.82 Å². The van der Waals surface area contributed by atoms with Gasteiger partial charge in [0.05, 0.1) is 17.6 Å². The Balaban J connectivity index is 1.66. The molecule has 1 aromatic heterocycles. The summed E-state index contributed by atoms with van der Waals surface area (Å²) in [5.74, 6) is -1.72. The van der Waals surface area contributed by atoms with Crippen LogP contribution in [0.25, 0.3) is 0 Å². The maximum absolute atomic E-state index is 13.0. The summed E-state index contributed by atoms with van der Waals surface area (Å²) in [5.41, 5.74) is 0.243. The van der Waals surface area contributed by atoms with Gasteiger partial charge < -0.3 is 9.64 Å². The minimum absolute atomic E-state index is 0.0535. The van der Waals surface area contributed by atoms with Crippen LogP contribution in [0, 0.1) is 5.82 Å². The van der Waals surface area contributed by atoms with E-state index in [2.05, 4.69) is 9.72 Å². The molecule has 31 heavy (non-hydrogen) atoms. The molecule has 1 aromatic carbocycles. The van der Waals surface area contributed by atoms with Crippen LogP contribution in [0.3, 0.4) is 0 Å². The number of carbonyl (C=O) groups is 1. The lowest BCUT2D eigenvalue weighted by Gasteiger charge is -2.34. The predicted molar refractivity (Wildman–Crippen MR) is 103 cm³/mol. The molecule has 1 aliphatic heterocycles. The van der Waals surface area contributed by atoms with Gasteiger partial charge in [-0.15, -0.1) is 13.2 Å². The lowest BCUT2D eigenvalue weighted by atomic mass is 10.1. The summed E-state index contributed by atoms with van der Waals surface area (Å²) >= 11 is -2.62. The van der Waals surface area contributed by atoms with Crippen LogP contribution in [0.1, 0.15) is 16.1 Å². The maximum Gasteiger partial charge on any atom is 0.573 e. The molecule has 0 saturated carbocycles. The Kier molecular flexibility index (Phi) is 7.08. The third-order valence-electron chi connectivity index (χ3n) is 4.49. The second-order valence-electron chi connectivity index (χ2n) is 6.65. The lowest BCUT2D eigenvalue weighted by Crippen LogP contribution is -2.48. The molecule has 3 rings (SSSR count). The normalized spacial score (nSPS) is 16.1. The van der Waals surface area contributed by atoms with Crippen molar-refractivity contribution in [1.82, 2.24) is 14.8 Å². The van der Waals surface area contributed by atoms with Gasteiger partial charge in [0.25, 0.3) is 17.2 Å². The van der Waals surface area contributed by atoms with E-state index in [1.807, 2.05) is 9.62 Å². The number of ether oxygens (including phenoxy) is 1. The molecule has 1 saturated heterocycles. The Morgan fingerprint density at radius 1 is 1.19 bits per heavy atom. The van der Waals surface area contributed by atoms with E-state index in [4.69, 9.17) is 4.55 Å². The van der Waals surface area contributed by atoms with E-state index in [1.165, 1.54) is 17.0 Å². The van der Waals surface area contributed by atoms with Gasteiger partial charge in [-0.25, -0.2) is 8.60 Å². The molecule has 13 heteroatoms. The number of amides is 1. The monoisotopic (exact) mass is 462 g/mol. The number of nitrogens with zero attached hydrogens (tertiary/aromatic N) is 3. The molecule has 168 valence electrons. The molecule has 0 aliphatic carbocycles. The number of hydrogen-bond acceptors (Lipinski definition) is 5. The summed E-state index contributed by atoms with van der Waals surface area (Å²) < 4.78 is 76.5. The van der Waals surface area contributed by atoms with Crippen LogP contribution < -0.4 is 9.46 Å². The second-order valence-corrected chi connectivity index (χ2v) is 7.35. The van der Waals surface area contributed by atoms with Gasteiger partial charge in [-0.3, -0.25) is 24.0 Å². The summed E-state index contributed by atoms with van der Waals surface area (Å²) in [6.45, 7) is 2.14. The maximum atomic E-state index is 13.0. The third kappa shape index (κ3) is 6.60. The van der Waals surface area contributed by atoms with Crippen LogP contribution in [0.2, 0.25) is 0 Å². The van der Waals surface area contributed by atoms with Crippen LogP contribution in [0.15, 0.2) is 36.5 Å². The summed E-state index contributed by atoms with van der Waals surface area (Å²) in [5, 5.41) is 0. The summed E-state index contributed by atoms with van der Waals surface area (Å²) in [7, 11) is 0. The summed E-state index contributed by atoms with van der Waals surface area (Å²) in [4.78, 5) is 20.2. The van der Waals surface area contributed by atoms with Gasteiger partial charge >= 0.3 is 6.36 Å². The lowest BCUT2D eigenvalue weighted by molar-refractivity contribution is -0.274.